The van der Waals surface area contributed by atoms with Crippen molar-refractivity contribution in [2.75, 3.05) is 34.0 Å². The third kappa shape index (κ3) is 4.35. The van der Waals surface area contributed by atoms with Crippen LogP contribution in [0.15, 0.2) is 27.9 Å². The Morgan fingerprint density at radius 1 is 1.30 bits per heavy atom. The highest BCUT2D eigenvalue weighted by Crippen LogP contribution is 2.26. The Bertz CT molecular complexity index is 1060. The van der Waals surface area contributed by atoms with E-state index in [1.807, 2.05) is 19.0 Å². The van der Waals surface area contributed by atoms with Crippen LogP contribution in [0.25, 0.3) is 5.82 Å². The lowest BCUT2D eigenvalue weighted by atomic mass is 10.2. The molecule has 3 aromatic rings. The molecule has 0 unspecified atom stereocenters. The van der Waals surface area contributed by atoms with Gasteiger partial charge in [0.25, 0.3) is 5.91 Å². The number of nitrogens with zero attached hydrogens (tertiary/aromatic N) is 7. The average Bonchev–Trinajstić information content (AvgIpc) is 3.33. The van der Waals surface area contributed by atoms with Gasteiger partial charge in [-0.2, -0.15) is 9.78 Å². The highest BCUT2D eigenvalue weighted by Gasteiger charge is 2.24. The van der Waals surface area contributed by atoms with Gasteiger partial charge in [0.2, 0.25) is 11.6 Å². The monoisotopic (exact) mass is 415 g/mol. The molecular weight excluding hydrogens is 394 g/mol. The van der Waals surface area contributed by atoms with Crippen LogP contribution in [0.1, 0.15) is 21.7 Å². The molecule has 0 atom stereocenters. The first-order valence-electron chi connectivity index (χ1n) is 8.67. The second kappa shape index (κ2) is 9.00. The maximum Gasteiger partial charge on any atom is 0.293 e. The number of aromatic nitrogens is 5. The van der Waals surface area contributed by atoms with Crippen LogP contribution in [0.5, 0.6) is 11.5 Å². The Labute approximate surface area is 171 Å². The van der Waals surface area contributed by atoms with Gasteiger partial charge in [-0.1, -0.05) is 5.21 Å². The Morgan fingerprint density at radius 2 is 2.07 bits per heavy atom. The van der Waals surface area contributed by atoms with Gasteiger partial charge in [0.1, 0.15) is 0 Å². The highest BCUT2D eigenvalue weighted by atomic mass is 16.6. The van der Waals surface area contributed by atoms with Crippen molar-refractivity contribution in [2.45, 2.75) is 6.54 Å². The van der Waals surface area contributed by atoms with Crippen LogP contribution in [0.4, 0.5) is 5.82 Å². The largest absolute Gasteiger partial charge is 0.493 e. The van der Waals surface area contributed by atoms with Gasteiger partial charge in [0.05, 0.1) is 26.1 Å². The molecule has 0 radical (unpaired) electrons. The molecule has 0 spiro atoms. The molecule has 0 aliphatic rings. The first-order valence-corrected chi connectivity index (χ1v) is 8.67. The predicted molar refractivity (Wildman–Crippen MR) is 106 cm³/mol. The molecule has 0 saturated heterocycles. The molecule has 2 heterocycles. The van der Waals surface area contributed by atoms with Crippen molar-refractivity contribution in [1.82, 2.24) is 35.6 Å². The van der Waals surface area contributed by atoms with Crippen LogP contribution in [0.3, 0.4) is 0 Å². The lowest BCUT2D eigenvalue weighted by molar-refractivity contribution is 0.0948. The molecule has 30 heavy (non-hydrogen) atoms. The third-order valence-corrected chi connectivity index (χ3v) is 3.93. The van der Waals surface area contributed by atoms with Crippen molar-refractivity contribution in [3.8, 4) is 17.3 Å². The van der Waals surface area contributed by atoms with Crippen molar-refractivity contribution in [3.63, 3.8) is 0 Å². The Morgan fingerprint density at radius 3 is 2.70 bits per heavy atom. The van der Waals surface area contributed by atoms with Gasteiger partial charge in [-0.3, -0.25) is 4.79 Å². The van der Waals surface area contributed by atoms with Gasteiger partial charge < -0.3 is 20.1 Å². The molecule has 13 heteroatoms. The fourth-order valence-electron chi connectivity index (χ4n) is 2.58. The van der Waals surface area contributed by atoms with Crippen LogP contribution in [-0.4, -0.2) is 70.6 Å². The maximum atomic E-state index is 12.6. The SMILES string of the molecule is COc1ccc(C=NNC(=O)c2nnn(-c3nonc3N)c2CN(C)C)cc1OC. The zero-order valence-corrected chi connectivity index (χ0v) is 16.9. The number of nitrogens with one attached hydrogen (secondary N) is 1. The number of carbonyl (C=O) groups excluding carboxylic acids is 1. The van der Waals surface area contributed by atoms with Crippen LogP contribution in [0.2, 0.25) is 0 Å². The number of anilines is 1. The second-order valence-corrected chi connectivity index (χ2v) is 6.32. The molecule has 3 rings (SSSR count). The zero-order chi connectivity index (χ0) is 21.7. The van der Waals surface area contributed by atoms with Gasteiger partial charge in [0.15, 0.2) is 17.2 Å². The van der Waals surface area contributed by atoms with Crippen molar-refractivity contribution in [3.05, 3.63) is 35.2 Å². The number of methoxy groups -OCH3 is 2. The number of hydrogen-bond donors (Lipinski definition) is 2. The normalized spacial score (nSPS) is 11.2. The Balaban J connectivity index is 1.81. The minimum absolute atomic E-state index is 0.0262. The van der Waals surface area contributed by atoms with E-state index in [-0.39, 0.29) is 17.3 Å². The standard InChI is InChI=1S/C17H21N9O4/c1-25(2)9-11-14(20-24-26(11)16-15(18)22-30-23-16)17(27)21-19-8-10-5-6-12(28-3)13(7-10)29-4/h5-8H,9H2,1-4H3,(H2,18,22)(H,21,27). The summed E-state index contributed by atoms with van der Waals surface area (Å²) in [6.07, 6.45) is 1.47. The summed E-state index contributed by atoms with van der Waals surface area (Å²) in [5.41, 5.74) is 9.38. The molecule has 0 bridgehead atoms. The number of carbonyl (C=O) groups is 1. The minimum Gasteiger partial charge on any atom is -0.493 e. The summed E-state index contributed by atoms with van der Waals surface area (Å²) >= 11 is 0. The van der Waals surface area contributed by atoms with E-state index in [2.05, 4.69) is 35.8 Å². The van der Waals surface area contributed by atoms with Crippen molar-refractivity contribution < 1.29 is 18.9 Å². The number of hydrogen-bond acceptors (Lipinski definition) is 11. The summed E-state index contributed by atoms with van der Waals surface area (Å²) in [6, 6.07) is 5.23. The topological polar surface area (TPSA) is 159 Å². The molecule has 0 aliphatic heterocycles. The number of hydrazone groups is 1. The summed E-state index contributed by atoms with van der Waals surface area (Å²) in [4.78, 5) is 14.5. The first-order chi connectivity index (χ1) is 14.4. The predicted octanol–water partition coefficient (Wildman–Crippen LogP) is 0.0752. The van der Waals surface area contributed by atoms with E-state index in [4.69, 9.17) is 15.2 Å². The molecule has 1 amide bonds. The van der Waals surface area contributed by atoms with Crippen LogP contribution in [0, 0.1) is 0 Å². The smallest absolute Gasteiger partial charge is 0.293 e. The van der Waals surface area contributed by atoms with Gasteiger partial charge in [-0.05, 0) is 48.2 Å². The summed E-state index contributed by atoms with van der Waals surface area (Å²) in [7, 11) is 6.75. The molecule has 0 fully saturated rings. The molecule has 2 aromatic heterocycles. The number of rotatable bonds is 8. The molecular formula is C17H21N9O4. The van der Waals surface area contributed by atoms with Crippen LogP contribution >= 0.6 is 0 Å². The minimum atomic E-state index is -0.551. The highest BCUT2D eigenvalue weighted by molar-refractivity contribution is 5.94. The van der Waals surface area contributed by atoms with Crippen molar-refractivity contribution >= 4 is 17.9 Å². The molecule has 0 aliphatic carbocycles. The van der Waals surface area contributed by atoms with E-state index in [1.54, 1.807) is 25.3 Å². The van der Waals surface area contributed by atoms with E-state index in [0.717, 1.165) is 0 Å². The molecule has 158 valence electrons. The average molecular weight is 415 g/mol. The van der Waals surface area contributed by atoms with Gasteiger partial charge in [0, 0.05) is 6.54 Å². The van der Waals surface area contributed by atoms with Crippen molar-refractivity contribution in [2.24, 2.45) is 5.10 Å². The number of ether oxygens (including phenoxy) is 2. The van der Waals surface area contributed by atoms with Crippen LogP contribution in [-0.2, 0) is 6.54 Å². The summed E-state index contributed by atoms with van der Waals surface area (Å²) in [6.45, 7) is 0.335. The first kappa shape index (κ1) is 20.7. The lowest BCUT2D eigenvalue weighted by Crippen LogP contribution is -2.23. The fraction of sp³-hybridized carbons (Fsp3) is 0.294. The molecule has 1 aromatic carbocycles. The fourth-order valence-corrected chi connectivity index (χ4v) is 2.58. The zero-order valence-electron chi connectivity index (χ0n) is 16.9. The lowest BCUT2D eigenvalue weighted by Gasteiger charge is -2.11. The molecule has 3 N–H and O–H groups in total. The summed E-state index contributed by atoms with van der Waals surface area (Å²) in [5.74, 6) is 0.753. The van der Waals surface area contributed by atoms with E-state index in [1.165, 1.54) is 18.0 Å². The Hall–Kier alpha value is -4.00. The summed E-state index contributed by atoms with van der Waals surface area (Å²) in [5, 5.41) is 19.1. The van der Waals surface area contributed by atoms with E-state index >= 15 is 0 Å². The maximum absolute atomic E-state index is 12.6. The second-order valence-electron chi connectivity index (χ2n) is 6.32. The summed E-state index contributed by atoms with van der Waals surface area (Å²) < 4.78 is 16.4. The van der Waals surface area contributed by atoms with Gasteiger partial charge in [-0.25, -0.2) is 10.1 Å². The van der Waals surface area contributed by atoms with E-state index in [0.29, 0.717) is 29.3 Å². The quantitative estimate of drug-likeness (QED) is 0.381. The number of amides is 1. The van der Waals surface area contributed by atoms with Crippen molar-refractivity contribution in [1.29, 1.82) is 0 Å². The van der Waals surface area contributed by atoms with Crippen LogP contribution < -0.4 is 20.6 Å². The third-order valence-electron chi connectivity index (χ3n) is 3.93. The number of nitrogen functional groups attached to an aromatic ring is 1. The number of nitrogens with two attached hydrogens (primary N) is 1. The molecule has 13 nitrogen and oxygen atoms in total. The van der Waals surface area contributed by atoms with Gasteiger partial charge >= 0.3 is 0 Å². The van der Waals surface area contributed by atoms with Gasteiger partial charge in [-0.15, -0.1) is 5.10 Å². The number of benzene rings is 1. The molecule has 0 saturated carbocycles. The van der Waals surface area contributed by atoms with E-state index in [9.17, 15) is 4.79 Å². The Kier molecular flexibility index (Phi) is 6.22. The van der Waals surface area contributed by atoms with E-state index < -0.39 is 5.91 Å².